The minimum atomic E-state index is -0.00318. The maximum atomic E-state index is 5.98. The van der Waals surface area contributed by atoms with Crippen LogP contribution >= 0.6 is 12.2 Å². The molecule has 5 nitrogen and oxygen atoms in total. The van der Waals surface area contributed by atoms with Crippen LogP contribution in [0.5, 0.6) is 0 Å². The Labute approximate surface area is 195 Å². The Hall–Kier alpha value is -2.70. The van der Waals surface area contributed by atoms with Crippen molar-refractivity contribution in [1.82, 2.24) is 19.8 Å². The van der Waals surface area contributed by atoms with E-state index in [0.29, 0.717) is 0 Å². The second-order valence-electron chi connectivity index (χ2n) is 8.91. The summed E-state index contributed by atoms with van der Waals surface area (Å²) in [6.07, 6.45) is 4.28. The van der Waals surface area contributed by atoms with Crippen LogP contribution in [0.25, 0.3) is 5.69 Å². The molecule has 0 unspecified atom stereocenters. The molecule has 3 aromatic rings. The number of hydrogen-bond acceptors (Lipinski definition) is 3. The van der Waals surface area contributed by atoms with Crippen molar-refractivity contribution in [2.75, 3.05) is 13.2 Å². The maximum absolute atomic E-state index is 5.98. The monoisotopic (exact) mass is 446 g/mol. The second-order valence-corrected chi connectivity index (χ2v) is 9.30. The second kappa shape index (κ2) is 8.68. The van der Waals surface area contributed by atoms with Crippen molar-refractivity contribution in [1.29, 1.82) is 0 Å². The molecule has 0 saturated carbocycles. The van der Waals surface area contributed by atoms with E-state index < -0.39 is 0 Å². The van der Waals surface area contributed by atoms with Crippen LogP contribution in [0.3, 0.4) is 0 Å². The molecule has 0 amide bonds. The van der Waals surface area contributed by atoms with Gasteiger partial charge in [0.05, 0.1) is 23.9 Å². The van der Waals surface area contributed by atoms with Gasteiger partial charge in [-0.1, -0.05) is 18.2 Å². The lowest BCUT2D eigenvalue weighted by molar-refractivity contribution is 0.0842. The van der Waals surface area contributed by atoms with Gasteiger partial charge in [-0.05, 0) is 87.3 Å². The van der Waals surface area contributed by atoms with Crippen molar-refractivity contribution in [2.24, 2.45) is 0 Å². The molecule has 2 aliphatic rings. The predicted molar refractivity (Wildman–Crippen MR) is 131 cm³/mol. The summed E-state index contributed by atoms with van der Waals surface area (Å²) in [6, 6.07) is 17.1. The molecule has 0 spiro atoms. The van der Waals surface area contributed by atoms with Crippen LogP contribution in [-0.2, 0) is 4.74 Å². The first-order chi connectivity index (χ1) is 15.5. The third-order valence-corrected chi connectivity index (χ3v) is 7.02. The van der Waals surface area contributed by atoms with Gasteiger partial charge in [0.1, 0.15) is 0 Å². The molecule has 0 bridgehead atoms. The number of rotatable bonds is 5. The summed E-state index contributed by atoms with van der Waals surface area (Å²) < 4.78 is 8.33. The third kappa shape index (κ3) is 3.82. The molecule has 2 saturated heterocycles. The SMILES string of the molecule is Cc1cccc(-n2c(C)cc([C@@H]3[C@H](c4ccccn4)NC(=S)N3C[C@H]3CCCO3)c2C)c1. The highest BCUT2D eigenvalue weighted by molar-refractivity contribution is 7.80. The van der Waals surface area contributed by atoms with E-state index in [1.165, 1.54) is 28.2 Å². The molecule has 1 N–H and O–H groups in total. The van der Waals surface area contributed by atoms with Crippen LogP contribution in [0.1, 0.15) is 53.1 Å². The topological polar surface area (TPSA) is 42.3 Å². The van der Waals surface area contributed by atoms with Crippen LogP contribution < -0.4 is 5.32 Å². The van der Waals surface area contributed by atoms with Gasteiger partial charge >= 0.3 is 0 Å². The van der Waals surface area contributed by atoms with Crippen molar-refractivity contribution in [2.45, 2.75) is 51.8 Å². The Morgan fingerprint density at radius 3 is 2.72 bits per heavy atom. The van der Waals surface area contributed by atoms with E-state index in [9.17, 15) is 0 Å². The predicted octanol–water partition coefficient (Wildman–Crippen LogP) is 4.95. The lowest BCUT2D eigenvalue weighted by Crippen LogP contribution is -2.36. The summed E-state index contributed by atoms with van der Waals surface area (Å²) in [6.45, 7) is 8.17. The fraction of sp³-hybridized carbons (Fsp3) is 0.385. The van der Waals surface area contributed by atoms with E-state index in [4.69, 9.17) is 17.0 Å². The van der Waals surface area contributed by atoms with Gasteiger partial charge in [0, 0.05) is 36.4 Å². The van der Waals surface area contributed by atoms with Gasteiger partial charge in [-0.3, -0.25) is 4.98 Å². The fourth-order valence-electron chi connectivity index (χ4n) is 5.20. The van der Waals surface area contributed by atoms with Gasteiger partial charge in [0.15, 0.2) is 5.11 Å². The average molecular weight is 447 g/mol. The number of thiocarbonyl (C=S) groups is 1. The number of aromatic nitrogens is 2. The van der Waals surface area contributed by atoms with Crippen molar-refractivity contribution >= 4 is 17.3 Å². The minimum Gasteiger partial charge on any atom is -0.376 e. The third-order valence-electron chi connectivity index (χ3n) is 6.67. The van der Waals surface area contributed by atoms with Crippen LogP contribution in [0.2, 0.25) is 0 Å². The molecule has 6 heteroatoms. The molecular formula is C26H30N4OS. The Kier molecular flexibility index (Phi) is 5.74. The number of pyridine rings is 1. The molecule has 3 atom stereocenters. The average Bonchev–Trinajstić information content (AvgIpc) is 3.48. The zero-order valence-corrected chi connectivity index (χ0v) is 19.7. The van der Waals surface area contributed by atoms with E-state index in [-0.39, 0.29) is 18.2 Å². The van der Waals surface area contributed by atoms with Crippen LogP contribution in [-0.4, -0.2) is 38.8 Å². The van der Waals surface area contributed by atoms with Crippen LogP contribution in [0, 0.1) is 20.8 Å². The number of aryl methyl sites for hydroxylation is 2. The molecular weight excluding hydrogens is 416 g/mol. The first-order valence-electron chi connectivity index (χ1n) is 11.4. The number of nitrogens with zero attached hydrogens (tertiary/aromatic N) is 3. The van der Waals surface area contributed by atoms with E-state index in [1.54, 1.807) is 0 Å². The summed E-state index contributed by atoms with van der Waals surface area (Å²) in [5, 5.41) is 4.36. The van der Waals surface area contributed by atoms with Crippen LogP contribution in [0.4, 0.5) is 0 Å². The molecule has 32 heavy (non-hydrogen) atoms. The smallest absolute Gasteiger partial charge is 0.170 e. The quantitative estimate of drug-likeness (QED) is 0.562. The van der Waals surface area contributed by atoms with E-state index in [2.05, 4.69) is 76.9 Å². The van der Waals surface area contributed by atoms with Crippen molar-refractivity contribution in [3.8, 4) is 5.69 Å². The Morgan fingerprint density at radius 2 is 2.00 bits per heavy atom. The first kappa shape index (κ1) is 21.2. The van der Waals surface area contributed by atoms with Crippen molar-refractivity contribution in [3.05, 3.63) is 82.9 Å². The maximum Gasteiger partial charge on any atom is 0.170 e. The minimum absolute atomic E-state index is 0.00318. The lowest BCUT2D eigenvalue weighted by Gasteiger charge is -2.30. The molecule has 4 heterocycles. The Morgan fingerprint density at radius 1 is 1.12 bits per heavy atom. The molecule has 1 aromatic carbocycles. The van der Waals surface area contributed by atoms with Crippen molar-refractivity contribution in [3.63, 3.8) is 0 Å². The summed E-state index contributed by atoms with van der Waals surface area (Å²) in [4.78, 5) is 7.01. The van der Waals surface area contributed by atoms with E-state index >= 15 is 0 Å². The first-order valence-corrected chi connectivity index (χ1v) is 11.8. The van der Waals surface area contributed by atoms with Gasteiger partial charge in [0.25, 0.3) is 0 Å². The number of hydrogen-bond donors (Lipinski definition) is 1. The number of nitrogens with one attached hydrogen (secondary N) is 1. The molecule has 2 fully saturated rings. The lowest BCUT2D eigenvalue weighted by atomic mass is 9.96. The Bertz CT molecular complexity index is 1120. The summed E-state index contributed by atoms with van der Waals surface area (Å²) >= 11 is 5.85. The highest BCUT2D eigenvalue weighted by Gasteiger charge is 2.42. The molecule has 0 radical (unpaired) electrons. The highest BCUT2D eigenvalue weighted by atomic mass is 32.1. The summed E-state index contributed by atoms with van der Waals surface area (Å²) in [5.74, 6) is 0. The fourth-order valence-corrected chi connectivity index (χ4v) is 5.51. The number of ether oxygens (including phenoxy) is 1. The normalized spacial score (nSPS) is 23.0. The zero-order valence-electron chi connectivity index (χ0n) is 18.9. The van der Waals surface area contributed by atoms with Crippen molar-refractivity contribution < 1.29 is 4.74 Å². The molecule has 0 aliphatic carbocycles. The number of benzene rings is 1. The summed E-state index contributed by atoms with van der Waals surface area (Å²) in [5.41, 5.74) is 7.20. The van der Waals surface area contributed by atoms with Gasteiger partial charge in [-0.25, -0.2) is 0 Å². The van der Waals surface area contributed by atoms with Gasteiger partial charge in [0.2, 0.25) is 0 Å². The largest absolute Gasteiger partial charge is 0.376 e. The highest BCUT2D eigenvalue weighted by Crippen LogP contribution is 2.42. The molecule has 2 aromatic heterocycles. The Balaban J connectivity index is 1.59. The van der Waals surface area contributed by atoms with Gasteiger partial charge < -0.3 is 19.5 Å². The van der Waals surface area contributed by atoms with E-state index in [1.807, 2.05) is 18.3 Å². The molecule has 5 rings (SSSR count). The van der Waals surface area contributed by atoms with Gasteiger partial charge in [-0.15, -0.1) is 0 Å². The van der Waals surface area contributed by atoms with Gasteiger partial charge in [-0.2, -0.15) is 0 Å². The van der Waals surface area contributed by atoms with Crippen LogP contribution in [0.15, 0.2) is 54.7 Å². The van der Waals surface area contributed by atoms with E-state index in [0.717, 1.165) is 36.8 Å². The molecule has 166 valence electrons. The summed E-state index contributed by atoms with van der Waals surface area (Å²) in [7, 11) is 0. The standard InChI is InChI=1S/C26H30N4OS/c1-17-8-6-9-20(14-17)30-18(2)15-22(19(30)3)25-24(23-11-4-5-12-27-23)28-26(32)29(25)16-21-10-7-13-31-21/h4-6,8-9,11-12,14-15,21,24-25H,7,10,13,16H2,1-3H3,(H,28,32)/t21-,24+,25-/m1/s1. The zero-order chi connectivity index (χ0) is 22.2. The molecule has 2 aliphatic heterocycles.